The fourth-order valence-corrected chi connectivity index (χ4v) is 5.08. The molecule has 4 aromatic rings. The molecule has 0 radical (unpaired) electrons. The first kappa shape index (κ1) is 32.6. The lowest BCUT2D eigenvalue weighted by Crippen LogP contribution is -2.48. The van der Waals surface area contributed by atoms with E-state index in [0.717, 1.165) is 22.3 Å². The number of nitrogens with two attached hydrogens (primary N) is 1. The number of amides is 2. The molecule has 4 rings (SSSR count). The average molecular weight is 608 g/mol. The summed E-state index contributed by atoms with van der Waals surface area (Å²) in [5.74, 6) is -0.611. The summed E-state index contributed by atoms with van der Waals surface area (Å²) >= 11 is 0. The molecule has 0 fully saturated rings. The Morgan fingerprint density at radius 1 is 0.644 bits per heavy atom. The van der Waals surface area contributed by atoms with Gasteiger partial charge in [0.1, 0.15) is 17.5 Å². The maximum atomic E-state index is 13.9. The maximum Gasteiger partial charge on any atom is 0.243 e. The van der Waals surface area contributed by atoms with Crippen molar-refractivity contribution in [3.05, 3.63) is 131 Å². The summed E-state index contributed by atoms with van der Waals surface area (Å²) in [6, 6.07) is 31.2. The first-order valence-corrected chi connectivity index (χ1v) is 15.1. The van der Waals surface area contributed by atoms with Crippen LogP contribution in [-0.2, 0) is 9.59 Å². The van der Waals surface area contributed by atoms with Gasteiger partial charge in [-0.2, -0.15) is 0 Å². The molecule has 0 aliphatic carbocycles. The SMILES string of the molecule is CC(NC(N)=NCCC[C@@H](NC(=O)C(c1ccccc1)c1ccccc1)C(=O)N[C@H](C)c1ccc(O)cc1)c1ccc(O)cc1. The number of aromatic hydroxyl groups is 2. The lowest BCUT2D eigenvalue weighted by atomic mass is 9.90. The Balaban J connectivity index is 1.46. The molecule has 7 N–H and O–H groups in total. The van der Waals surface area contributed by atoms with Crippen molar-refractivity contribution in [1.29, 1.82) is 0 Å². The summed E-state index contributed by atoms with van der Waals surface area (Å²) in [6.45, 7) is 4.14. The highest BCUT2D eigenvalue weighted by Crippen LogP contribution is 2.25. The molecule has 9 nitrogen and oxygen atoms in total. The summed E-state index contributed by atoms with van der Waals surface area (Å²) < 4.78 is 0. The lowest BCUT2D eigenvalue weighted by Gasteiger charge is -2.25. The molecule has 45 heavy (non-hydrogen) atoms. The molecule has 0 aliphatic rings. The van der Waals surface area contributed by atoms with Gasteiger partial charge in [0.15, 0.2) is 5.96 Å². The predicted octanol–water partition coefficient (Wildman–Crippen LogP) is 5.04. The van der Waals surface area contributed by atoms with Crippen molar-refractivity contribution in [3.63, 3.8) is 0 Å². The smallest absolute Gasteiger partial charge is 0.243 e. The molecule has 3 atom stereocenters. The fraction of sp³-hybridized carbons (Fsp3) is 0.250. The number of carbonyl (C=O) groups excluding carboxylic acids is 2. The van der Waals surface area contributed by atoms with Crippen LogP contribution in [0.1, 0.15) is 66.9 Å². The Morgan fingerprint density at radius 3 is 1.60 bits per heavy atom. The Hall–Kier alpha value is -5.31. The third kappa shape index (κ3) is 9.59. The highest BCUT2D eigenvalue weighted by atomic mass is 16.3. The summed E-state index contributed by atoms with van der Waals surface area (Å²) in [4.78, 5) is 31.9. The van der Waals surface area contributed by atoms with Crippen LogP contribution < -0.4 is 21.7 Å². The lowest BCUT2D eigenvalue weighted by molar-refractivity contribution is -0.129. The molecule has 0 heterocycles. The zero-order valence-corrected chi connectivity index (χ0v) is 25.6. The van der Waals surface area contributed by atoms with Crippen LogP contribution in [0, 0.1) is 0 Å². The molecule has 0 saturated heterocycles. The summed E-state index contributed by atoms with van der Waals surface area (Å²) in [5, 5.41) is 28.4. The Bertz CT molecular complexity index is 1500. The minimum Gasteiger partial charge on any atom is -0.508 e. The molecule has 234 valence electrons. The van der Waals surface area contributed by atoms with Crippen molar-refractivity contribution in [2.75, 3.05) is 6.54 Å². The standard InChI is InChI=1S/C36H41N5O4/c1-24(26-15-19-30(42)20-16-26)39-34(44)32(14-9-23-38-36(37)40-25(2)27-17-21-31(43)22-18-27)41-35(45)33(28-10-5-3-6-11-28)29-12-7-4-8-13-29/h3-8,10-13,15-22,24-25,32-33,42-43H,9,14,23H2,1-2H3,(H,39,44)(H,41,45)(H3,37,38,40)/t24-,25?,32-/m1/s1. The van der Waals surface area contributed by atoms with Gasteiger partial charge in [-0.15, -0.1) is 0 Å². The molecular weight excluding hydrogens is 566 g/mol. The quantitative estimate of drug-likeness (QED) is 0.0713. The third-order valence-corrected chi connectivity index (χ3v) is 7.60. The van der Waals surface area contributed by atoms with Gasteiger partial charge >= 0.3 is 0 Å². The van der Waals surface area contributed by atoms with Gasteiger partial charge in [-0.3, -0.25) is 14.6 Å². The minimum atomic E-state index is -0.827. The molecular formula is C36H41N5O4. The molecule has 0 aromatic heterocycles. The number of aliphatic imine (C=N–C) groups is 1. The van der Waals surface area contributed by atoms with Gasteiger partial charge in [0.2, 0.25) is 11.8 Å². The number of carbonyl (C=O) groups is 2. The van der Waals surface area contributed by atoms with E-state index in [-0.39, 0.29) is 41.4 Å². The second-order valence-electron chi connectivity index (χ2n) is 11.0. The van der Waals surface area contributed by atoms with E-state index >= 15 is 0 Å². The molecule has 0 aliphatic heterocycles. The monoisotopic (exact) mass is 607 g/mol. The van der Waals surface area contributed by atoms with Gasteiger partial charge in [-0.25, -0.2) is 0 Å². The molecule has 0 saturated carbocycles. The van der Waals surface area contributed by atoms with Crippen LogP contribution in [0.2, 0.25) is 0 Å². The number of guanidine groups is 1. The van der Waals surface area contributed by atoms with E-state index in [9.17, 15) is 19.8 Å². The Labute approximate surface area is 264 Å². The van der Waals surface area contributed by atoms with Crippen molar-refractivity contribution in [2.24, 2.45) is 10.7 Å². The van der Waals surface area contributed by atoms with Gasteiger partial charge < -0.3 is 31.9 Å². The summed E-state index contributed by atoms with van der Waals surface area (Å²) in [7, 11) is 0. The van der Waals surface area contributed by atoms with Crippen LogP contribution in [0.3, 0.4) is 0 Å². The second kappa shape index (κ2) is 16.0. The van der Waals surface area contributed by atoms with Crippen molar-refractivity contribution >= 4 is 17.8 Å². The molecule has 1 unspecified atom stereocenters. The highest BCUT2D eigenvalue weighted by Gasteiger charge is 2.28. The van der Waals surface area contributed by atoms with E-state index in [4.69, 9.17) is 5.73 Å². The fourth-order valence-electron chi connectivity index (χ4n) is 5.08. The number of phenolic OH excluding ortho intramolecular Hbond substituents is 2. The number of hydrogen-bond acceptors (Lipinski definition) is 5. The number of hydrogen-bond donors (Lipinski definition) is 6. The zero-order chi connectivity index (χ0) is 32.2. The summed E-state index contributed by atoms with van der Waals surface area (Å²) in [5.41, 5.74) is 9.54. The van der Waals surface area contributed by atoms with E-state index in [1.807, 2.05) is 86.6 Å². The van der Waals surface area contributed by atoms with E-state index in [0.29, 0.717) is 19.4 Å². The zero-order valence-electron chi connectivity index (χ0n) is 25.6. The van der Waals surface area contributed by atoms with Crippen LogP contribution >= 0.6 is 0 Å². The van der Waals surface area contributed by atoms with Gasteiger partial charge in [-0.05, 0) is 73.2 Å². The normalized spacial score (nSPS) is 13.4. The van der Waals surface area contributed by atoms with Gasteiger partial charge in [0, 0.05) is 6.54 Å². The van der Waals surface area contributed by atoms with Gasteiger partial charge in [-0.1, -0.05) is 84.9 Å². The third-order valence-electron chi connectivity index (χ3n) is 7.60. The first-order valence-electron chi connectivity index (χ1n) is 15.1. The van der Waals surface area contributed by atoms with Crippen molar-refractivity contribution in [3.8, 4) is 11.5 Å². The average Bonchev–Trinajstić information content (AvgIpc) is 3.04. The highest BCUT2D eigenvalue weighted by molar-refractivity contribution is 5.92. The molecule has 0 spiro atoms. The van der Waals surface area contributed by atoms with Crippen LogP contribution in [0.15, 0.2) is 114 Å². The van der Waals surface area contributed by atoms with Crippen LogP contribution in [-0.4, -0.2) is 40.6 Å². The number of benzene rings is 4. The summed E-state index contributed by atoms with van der Waals surface area (Å²) in [6.07, 6.45) is 0.823. The van der Waals surface area contributed by atoms with E-state index in [1.165, 1.54) is 0 Å². The van der Waals surface area contributed by atoms with E-state index in [2.05, 4.69) is 20.9 Å². The number of nitrogens with one attached hydrogen (secondary N) is 3. The molecule has 9 heteroatoms. The van der Waals surface area contributed by atoms with Crippen LogP contribution in [0.4, 0.5) is 0 Å². The second-order valence-corrected chi connectivity index (χ2v) is 11.0. The van der Waals surface area contributed by atoms with E-state index in [1.54, 1.807) is 36.4 Å². The van der Waals surface area contributed by atoms with Crippen molar-refractivity contribution in [2.45, 2.75) is 50.7 Å². The molecule has 2 amide bonds. The number of rotatable bonds is 13. The maximum absolute atomic E-state index is 13.9. The largest absolute Gasteiger partial charge is 0.508 e. The van der Waals surface area contributed by atoms with Crippen LogP contribution in [0.5, 0.6) is 11.5 Å². The Morgan fingerprint density at radius 2 is 1.11 bits per heavy atom. The topological polar surface area (TPSA) is 149 Å². The van der Waals surface area contributed by atoms with Crippen molar-refractivity contribution < 1.29 is 19.8 Å². The Kier molecular flexibility index (Phi) is 11.6. The minimum absolute atomic E-state index is 0.124. The van der Waals surface area contributed by atoms with Crippen molar-refractivity contribution in [1.82, 2.24) is 16.0 Å². The number of phenols is 2. The molecule has 0 bridgehead atoms. The molecule has 4 aromatic carbocycles. The van der Waals surface area contributed by atoms with E-state index < -0.39 is 12.0 Å². The van der Waals surface area contributed by atoms with Gasteiger partial charge in [0.05, 0.1) is 18.0 Å². The van der Waals surface area contributed by atoms with Gasteiger partial charge in [0.25, 0.3) is 0 Å². The van der Waals surface area contributed by atoms with Crippen LogP contribution in [0.25, 0.3) is 0 Å². The number of nitrogens with zero attached hydrogens (tertiary/aromatic N) is 1. The first-order chi connectivity index (χ1) is 21.7. The predicted molar refractivity (Wildman–Crippen MR) is 177 cm³/mol.